The van der Waals surface area contributed by atoms with Crippen molar-refractivity contribution in [3.8, 4) is 5.75 Å². The van der Waals surface area contributed by atoms with Crippen LogP contribution in [0, 0.1) is 0 Å². The Labute approximate surface area is 125 Å². The minimum atomic E-state index is 0.243. The molecule has 0 aliphatic carbocycles. The number of hydrogen-bond acceptors (Lipinski definition) is 4. The fourth-order valence-electron chi connectivity index (χ4n) is 2.77. The van der Waals surface area contributed by atoms with E-state index in [-0.39, 0.29) is 6.04 Å². The highest BCUT2D eigenvalue weighted by Crippen LogP contribution is 2.25. The first-order valence-electron chi connectivity index (χ1n) is 7.51. The van der Waals surface area contributed by atoms with Crippen molar-refractivity contribution in [1.82, 2.24) is 4.90 Å². The normalized spacial score (nSPS) is 17.8. The van der Waals surface area contributed by atoms with Crippen LogP contribution in [0.15, 0.2) is 42.5 Å². The van der Waals surface area contributed by atoms with E-state index >= 15 is 0 Å². The van der Waals surface area contributed by atoms with Crippen LogP contribution in [0.2, 0.25) is 0 Å². The van der Waals surface area contributed by atoms with Crippen molar-refractivity contribution in [1.29, 1.82) is 0 Å². The molecule has 0 amide bonds. The molecule has 1 aliphatic heterocycles. The third-order valence-electron chi connectivity index (χ3n) is 4.02. The predicted octanol–water partition coefficient (Wildman–Crippen LogP) is 1.88. The van der Waals surface area contributed by atoms with Crippen LogP contribution in [0.3, 0.4) is 0 Å². The Bertz CT molecular complexity index is 577. The van der Waals surface area contributed by atoms with Crippen LogP contribution >= 0.6 is 0 Å². The molecule has 0 aromatic heterocycles. The molecule has 3 rings (SSSR count). The van der Waals surface area contributed by atoms with E-state index in [1.165, 1.54) is 5.39 Å². The number of ether oxygens (including phenoxy) is 2. The second-order valence-electron chi connectivity index (χ2n) is 5.33. The molecule has 21 heavy (non-hydrogen) atoms. The zero-order chi connectivity index (χ0) is 14.5. The Morgan fingerprint density at radius 3 is 2.67 bits per heavy atom. The minimum Gasteiger partial charge on any atom is -0.491 e. The first-order valence-corrected chi connectivity index (χ1v) is 7.51. The van der Waals surface area contributed by atoms with E-state index in [2.05, 4.69) is 23.1 Å². The lowest BCUT2D eigenvalue weighted by Crippen LogP contribution is -2.49. The molecule has 0 saturated carbocycles. The first-order chi connectivity index (χ1) is 10.4. The molecule has 2 N–H and O–H groups in total. The van der Waals surface area contributed by atoms with Gasteiger partial charge < -0.3 is 15.2 Å². The van der Waals surface area contributed by atoms with Gasteiger partial charge in [0.1, 0.15) is 12.4 Å². The van der Waals surface area contributed by atoms with Crippen LogP contribution in [-0.4, -0.2) is 50.4 Å². The summed E-state index contributed by atoms with van der Waals surface area (Å²) in [6.07, 6.45) is 0. The van der Waals surface area contributed by atoms with Crippen molar-refractivity contribution in [3.63, 3.8) is 0 Å². The van der Waals surface area contributed by atoms with E-state index in [0.29, 0.717) is 13.2 Å². The minimum absolute atomic E-state index is 0.243. The number of nitrogens with zero attached hydrogens (tertiary/aromatic N) is 1. The van der Waals surface area contributed by atoms with Gasteiger partial charge in [-0.1, -0.05) is 36.4 Å². The third kappa shape index (κ3) is 3.35. The average Bonchev–Trinajstić information content (AvgIpc) is 2.56. The monoisotopic (exact) mass is 286 g/mol. The molecule has 1 heterocycles. The molecule has 0 bridgehead atoms. The predicted molar refractivity (Wildman–Crippen MR) is 84.7 cm³/mol. The highest BCUT2D eigenvalue weighted by molar-refractivity contribution is 5.88. The topological polar surface area (TPSA) is 47.7 Å². The van der Waals surface area contributed by atoms with Crippen molar-refractivity contribution in [2.45, 2.75) is 6.04 Å². The van der Waals surface area contributed by atoms with Crippen LogP contribution in [-0.2, 0) is 4.74 Å². The molecule has 1 fully saturated rings. The van der Waals surface area contributed by atoms with E-state index in [1.807, 2.05) is 24.3 Å². The van der Waals surface area contributed by atoms with Gasteiger partial charge in [-0.2, -0.15) is 0 Å². The van der Waals surface area contributed by atoms with Gasteiger partial charge in [0.15, 0.2) is 0 Å². The van der Waals surface area contributed by atoms with Gasteiger partial charge in [0.2, 0.25) is 0 Å². The number of benzene rings is 2. The molecule has 1 atom stereocenters. The summed E-state index contributed by atoms with van der Waals surface area (Å²) in [5.74, 6) is 0.930. The van der Waals surface area contributed by atoms with Gasteiger partial charge in [0.05, 0.1) is 19.3 Å². The number of nitrogens with two attached hydrogens (primary N) is 1. The van der Waals surface area contributed by atoms with Crippen LogP contribution in [0.1, 0.15) is 0 Å². The summed E-state index contributed by atoms with van der Waals surface area (Å²) in [5, 5.41) is 2.35. The summed E-state index contributed by atoms with van der Waals surface area (Å²) < 4.78 is 11.5. The Kier molecular flexibility index (Phi) is 4.70. The molecule has 1 saturated heterocycles. The van der Waals surface area contributed by atoms with E-state index in [4.69, 9.17) is 15.2 Å². The highest BCUT2D eigenvalue weighted by atomic mass is 16.5. The van der Waals surface area contributed by atoms with Crippen molar-refractivity contribution < 1.29 is 9.47 Å². The molecule has 1 aliphatic rings. The molecule has 4 heteroatoms. The van der Waals surface area contributed by atoms with Crippen molar-refractivity contribution in [2.75, 3.05) is 39.5 Å². The van der Waals surface area contributed by atoms with E-state index in [0.717, 1.165) is 37.4 Å². The summed E-state index contributed by atoms with van der Waals surface area (Å²) in [7, 11) is 0. The van der Waals surface area contributed by atoms with Crippen LogP contribution in [0.4, 0.5) is 0 Å². The van der Waals surface area contributed by atoms with Gasteiger partial charge in [-0.25, -0.2) is 0 Å². The zero-order valence-electron chi connectivity index (χ0n) is 12.2. The fraction of sp³-hybridized carbons (Fsp3) is 0.412. The molecule has 2 aromatic carbocycles. The molecular formula is C17H22N2O2. The van der Waals surface area contributed by atoms with Crippen molar-refractivity contribution in [2.24, 2.45) is 5.73 Å². The number of rotatable bonds is 5. The molecular weight excluding hydrogens is 264 g/mol. The standard InChI is InChI=1S/C17H22N2O2/c18-12-15(19-8-10-20-11-9-19)13-21-17-7-3-5-14-4-1-2-6-16(14)17/h1-7,15H,8-13,18H2. The summed E-state index contributed by atoms with van der Waals surface area (Å²) >= 11 is 0. The summed E-state index contributed by atoms with van der Waals surface area (Å²) in [4.78, 5) is 2.36. The van der Waals surface area contributed by atoms with Gasteiger partial charge in [-0.3, -0.25) is 4.90 Å². The van der Waals surface area contributed by atoms with Gasteiger partial charge in [0, 0.05) is 25.0 Å². The van der Waals surface area contributed by atoms with Crippen LogP contribution < -0.4 is 10.5 Å². The molecule has 112 valence electrons. The Morgan fingerprint density at radius 2 is 1.86 bits per heavy atom. The van der Waals surface area contributed by atoms with E-state index in [9.17, 15) is 0 Å². The lowest BCUT2D eigenvalue weighted by molar-refractivity contribution is 0.00837. The molecule has 1 unspecified atom stereocenters. The smallest absolute Gasteiger partial charge is 0.127 e. The van der Waals surface area contributed by atoms with Gasteiger partial charge in [-0.05, 0) is 11.5 Å². The SMILES string of the molecule is NCC(COc1cccc2ccccc12)N1CCOCC1. The summed E-state index contributed by atoms with van der Waals surface area (Å²) in [6, 6.07) is 14.7. The maximum Gasteiger partial charge on any atom is 0.127 e. The quantitative estimate of drug-likeness (QED) is 0.911. The lowest BCUT2D eigenvalue weighted by atomic mass is 10.1. The second-order valence-corrected chi connectivity index (χ2v) is 5.33. The lowest BCUT2D eigenvalue weighted by Gasteiger charge is -2.33. The Morgan fingerprint density at radius 1 is 1.10 bits per heavy atom. The van der Waals surface area contributed by atoms with Crippen LogP contribution in [0.25, 0.3) is 10.8 Å². The maximum atomic E-state index is 6.06. The Hall–Kier alpha value is -1.62. The van der Waals surface area contributed by atoms with Gasteiger partial charge in [0.25, 0.3) is 0 Å². The molecule has 0 radical (unpaired) electrons. The third-order valence-corrected chi connectivity index (χ3v) is 4.02. The second kappa shape index (κ2) is 6.89. The van der Waals surface area contributed by atoms with Crippen LogP contribution in [0.5, 0.6) is 5.75 Å². The number of morpholine rings is 1. The number of hydrogen-bond donors (Lipinski definition) is 1. The molecule has 0 spiro atoms. The average molecular weight is 286 g/mol. The molecule has 2 aromatic rings. The first kappa shape index (κ1) is 14.3. The largest absolute Gasteiger partial charge is 0.491 e. The van der Waals surface area contributed by atoms with Crippen molar-refractivity contribution in [3.05, 3.63) is 42.5 Å². The fourth-order valence-corrected chi connectivity index (χ4v) is 2.77. The van der Waals surface area contributed by atoms with Gasteiger partial charge in [-0.15, -0.1) is 0 Å². The number of fused-ring (bicyclic) bond motifs is 1. The summed E-state index contributed by atoms with van der Waals surface area (Å²) in [5.41, 5.74) is 5.92. The van der Waals surface area contributed by atoms with E-state index < -0.39 is 0 Å². The maximum absolute atomic E-state index is 6.06. The Balaban J connectivity index is 1.70. The zero-order valence-corrected chi connectivity index (χ0v) is 12.2. The van der Waals surface area contributed by atoms with Crippen molar-refractivity contribution >= 4 is 10.8 Å². The highest BCUT2D eigenvalue weighted by Gasteiger charge is 2.20. The van der Waals surface area contributed by atoms with E-state index in [1.54, 1.807) is 0 Å². The molecule has 4 nitrogen and oxygen atoms in total. The van der Waals surface area contributed by atoms with Gasteiger partial charge >= 0.3 is 0 Å². The summed E-state index contributed by atoms with van der Waals surface area (Å²) in [6.45, 7) is 4.65.